The van der Waals surface area contributed by atoms with E-state index in [4.69, 9.17) is 10.8 Å². The number of aromatic carboxylic acids is 1. The zero-order valence-electron chi connectivity index (χ0n) is 11.6. The van der Waals surface area contributed by atoms with Gasteiger partial charge in [-0.3, -0.25) is 0 Å². The number of hydrogen-bond acceptors (Lipinski definition) is 3. The van der Waals surface area contributed by atoms with Crippen LogP contribution in [-0.2, 0) is 13.0 Å². The molecule has 0 spiro atoms. The van der Waals surface area contributed by atoms with Gasteiger partial charge in [0.25, 0.3) is 0 Å². The van der Waals surface area contributed by atoms with Gasteiger partial charge >= 0.3 is 5.97 Å². The molecule has 1 aromatic carbocycles. The quantitative estimate of drug-likeness (QED) is 0.746. The van der Waals surface area contributed by atoms with Gasteiger partial charge in [0.05, 0.1) is 11.1 Å². The molecule has 2 aromatic rings. The lowest BCUT2D eigenvalue weighted by atomic mass is 10.0. The number of carboxylic acids is 1. The Hall–Kier alpha value is -1.85. The van der Waals surface area contributed by atoms with E-state index in [1.807, 2.05) is 17.6 Å². The van der Waals surface area contributed by atoms with E-state index < -0.39 is 5.97 Å². The molecule has 0 aliphatic carbocycles. The molecule has 5 heteroatoms. The first-order chi connectivity index (χ1) is 9.61. The smallest absolute Gasteiger partial charge is 0.337 e. The topological polar surface area (TPSA) is 88.5 Å². The summed E-state index contributed by atoms with van der Waals surface area (Å²) in [4.78, 5) is 11.4. The van der Waals surface area contributed by atoms with Gasteiger partial charge in [-0.2, -0.15) is 0 Å². The highest BCUT2D eigenvalue weighted by Gasteiger charge is 2.18. The summed E-state index contributed by atoms with van der Waals surface area (Å²) in [5.41, 5.74) is 8.82. The average molecular weight is 276 g/mol. The fourth-order valence-corrected chi connectivity index (χ4v) is 2.76. The fourth-order valence-electron chi connectivity index (χ4n) is 2.76. The number of carboxylic acid groups (broad SMARTS) is 1. The van der Waals surface area contributed by atoms with Crippen molar-refractivity contribution in [3.63, 3.8) is 0 Å². The van der Waals surface area contributed by atoms with Crippen molar-refractivity contribution in [3.05, 3.63) is 35.0 Å². The van der Waals surface area contributed by atoms with Gasteiger partial charge < -0.3 is 20.5 Å². The molecule has 2 rings (SSSR count). The number of aliphatic hydroxyl groups is 1. The summed E-state index contributed by atoms with van der Waals surface area (Å²) in [5.74, 6) is -0.930. The summed E-state index contributed by atoms with van der Waals surface area (Å²) in [5, 5.41) is 19.3. The van der Waals surface area contributed by atoms with Crippen LogP contribution in [0.3, 0.4) is 0 Å². The Kier molecular flexibility index (Phi) is 4.42. The van der Waals surface area contributed by atoms with Crippen LogP contribution in [0.2, 0.25) is 0 Å². The molecular weight excluding hydrogens is 256 g/mol. The first-order valence-electron chi connectivity index (χ1n) is 6.76. The van der Waals surface area contributed by atoms with Crippen molar-refractivity contribution in [2.45, 2.75) is 26.3 Å². The maximum absolute atomic E-state index is 11.4. The highest BCUT2D eigenvalue weighted by Crippen LogP contribution is 2.29. The van der Waals surface area contributed by atoms with Crippen molar-refractivity contribution in [2.75, 3.05) is 13.2 Å². The van der Waals surface area contributed by atoms with Gasteiger partial charge in [-0.25, -0.2) is 4.79 Å². The van der Waals surface area contributed by atoms with Crippen LogP contribution in [0.25, 0.3) is 10.9 Å². The highest BCUT2D eigenvalue weighted by atomic mass is 16.4. The Morgan fingerprint density at radius 2 is 2.15 bits per heavy atom. The number of benzene rings is 1. The lowest BCUT2D eigenvalue weighted by Crippen LogP contribution is -2.12. The second kappa shape index (κ2) is 6.07. The van der Waals surface area contributed by atoms with Crippen LogP contribution in [0.15, 0.2) is 18.2 Å². The summed E-state index contributed by atoms with van der Waals surface area (Å²) >= 11 is 0. The van der Waals surface area contributed by atoms with Crippen molar-refractivity contribution in [3.8, 4) is 0 Å². The first kappa shape index (κ1) is 14.6. The number of rotatable bonds is 6. The van der Waals surface area contributed by atoms with Gasteiger partial charge in [-0.15, -0.1) is 0 Å². The number of aromatic nitrogens is 1. The Morgan fingerprint density at radius 3 is 2.75 bits per heavy atom. The molecule has 0 aliphatic heterocycles. The van der Waals surface area contributed by atoms with Gasteiger partial charge in [0.1, 0.15) is 0 Å². The summed E-state index contributed by atoms with van der Waals surface area (Å²) in [6, 6.07) is 5.32. The zero-order chi connectivity index (χ0) is 14.7. The van der Waals surface area contributed by atoms with Crippen molar-refractivity contribution >= 4 is 16.9 Å². The third-order valence-electron chi connectivity index (χ3n) is 3.64. The lowest BCUT2D eigenvalue weighted by Gasteiger charge is -2.08. The standard InChI is InChI=1S/C15H20N2O3/c1-10-11(6-3-9-18)12-4-2-5-13(15(19)20)14(12)17(10)8-7-16/h2,4-5,18H,3,6-9,16H2,1H3,(H,19,20). The first-order valence-corrected chi connectivity index (χ1v) is 6.76. The molecule has 0 atom stereocenters. The molecule has 20 heavy (non-hydrogen) atoms. The van der Waals surface area contributed by atoms with Crippen LogP contribution >= 0.6 is 0 Å². The molecule has 0 radical (unpaired) electrons. The van der Waals surface area contributed by atoms with Gasteiger partial charge in [-0.1, -0.05) is 12.1 Å². The second-order valence-electron chi connectivity index (χ2n) is 4.84. The molecule has 0 fully saturated rings. The monoisotopic (exact) mass is 276 g/mol. The molecule has 0 aliphatic rings. The largest absolute Gasteiger partial charge is 0.478 e. The van der Waals surface area contributed by atoms with Crippen molar-refractivity contribution in [1.29, 1.82) is 0 Å². The molecule has 1 aromatic heterocycles. The molecular formula is C15H20N2O3. The summed E-state index contributed by atoms with van der Waals surface area (Å²) in [6.07, 6.45) is 1.40. The molecule has 0 saturated carbocycles. The van der Waals surface area contributed by atoms with E-state index >= 15 is 0 Å². The van der Waals surface area contributed by atoms with E-state index in [9.17, 15) is 9.90 Å². The number of fused-ring (bicyclic) bond motifs is 1. The number of aryl methyl sites for hydroxylation is 1. The summed E-state index contributed by atoms with van der Waals surface area (Å²) in [6.45, 7) is 3.15. The van der Waals surface area contributed by atoms with Crippen LogP contribution < -0.4 is 5.73 Å². The van der Waals surface area contributed by atoms with Crippen molar-refractivity contribution < 1.29 is 15.0 Å². The van der Waals surface area contributed by atoms with Gasteiger partial charge in [-0.05, 0) is 31.4 Å². The normalized spacial score (nSPS) is 11.2. The number of carbonyl (C=O) groups is 1. The van der Waals surface area contributed by atoms with Gasteiger partial charge in [0, 0.05) is 30.8 Å². The predicted octanol–water partition coefficient (Wildman–Crippen LogP) is 1.53. The van der Waals surface area contributed by atoms with Gasteiger partial charge in [0.2, 0.25) is 0 Å². The number of nitrogens with zero attached hydrogens (tertiary/aromatic N) is 1. The van der Waals surface area contributed by atoms with E-state index in [1.54, 1.807) is 12.1 Å². The minimum Gasteiger partial charge on any atom is -0.478 e. The number of aliphatic hydroxyl groups excluding tert-OH is 1. The molecule has 0 bridgehead atoms. The predicted molar refractivity (Wildman–Crippen MR) is 78.1 cm³/mol. The Balaban J connectivity index is 2.72. The Bertz CT molecular complexity index is 632. The molecule has 0 saturated heterocycles. The molecule has 108 valence electrons. The summed E-state index contributed by atoms with van der Waals surface area (Å²) in [7, 11) is 0. The SMILES string of the molecule is Cc1c(CCCO)c2cccc(C(=O)O)c2n1CCN. The van der Waals surface area contributed by atoms with Crippen LogP contribution in [0.1, 0.15) is 28.0 Å². The minimum atomic E-state index is -0.930. The molecule has 4 N–H and O–H groups in total. The van der Waals surface area contributed by atoms with E-state index in [1.165, 1.54) is 0 Å². The molecule has 0 amide bonds. The van der Waals surface area contributed by atoms with E-state index in [-0.39, 0.29) is 6.61 Å². The molecule has 1 heterocycles. The van der Waals surface area contributed by atoms with E-state index in [0.29, 0.717) is 25.1 Å². The third-order valence-corrected chi connectivity index (χ3v) is 3.64. The van der Waals surface area contributed by atoms with E-state index in [2.05, 4.69) is 0 Å². The van der Waals surface area contributed by atoms with Crippen molar-refractivity contribution in [1.82, 2.24) is 4.57 Å². The third kappa shape index (κ3) is 2.42. The van der Waals surface area contributed by atoms with E-state index in [0.717, 1.165) is 28.6 Å². The maximum atomic E-state index is 11.4. The summed E-state index contributed by atoms with van der Waals surface area (Å²) < 4.78 is 1.98. The Morgan fingerprint density at radius 1 is 1.40 bits per heavy atom. The molecule has 5 nitrogen and oxygen atoms in total. The van der Waals surface area contributed by atoms with Crippen LogP contribution in [-0.4, -0.2) is 33.9 Å². The van der Waals surface area contributed by atoms with Crippen LogP contribution in [0.4, 0.5) is 0 Å². The Labute approximate surface area is 117 Å². The zero-order valence-corrected chi connectivity index (χ0v) is 11.6. The molecule has 0 unspecified atom stereocenters. The van der Waals surface area contributed by atoms with Crippen LogP contribution in [0, 0.1) is 6.92 Å². The minimum absolute atomic E-state index is 0.127. The second-order valence-corrected chi connectivity index (χ2v) is 4.84. The average Bonchev–Trinajstić information content (AvgIpc) is 2.70. The highest BCUT2D eigenvalue weighted by molar-refractivity contribution is 6.03. The number of para-hydroxylation sites is 1. The van der Waals surface area contributed by atoms with Crippen molar-refractivity contribution in [2.24, 2.45) is 5.73 Å². The maximum Gasteiger partial charge on any atom is 0.337 e. The number of nitrogens with two attached hydrogens (primary N) is 1. The van der Waals surface area contributed by atoms with Crippen LogP contribution in [0.5, 0.6) is 0 Å². The number of hydrogen-bond donors (Lipinski definition) is 3. The lowest BCUT2D eigenvalue weighted by molar-refractivity contribution is 0.0698. The fraction of sp³-hybridized carbons (Fsp3) is 0.400. The van der Waals surface area contributed by atoms with Gasteiger partial charge in [0.15, 0.2) is 0 Å².